The predicted molar refractivity (Wildman–Crippen MR) is 105 cm³/mol. The number of allylic oxidation sites excluding steroid dienone is 2. The molecule has 1 saturated heterocycles. The molecule has 1 aliphatic rings. The van der Waals surface area contributed by atoms with Gasteiger partial charge in [-0.3, -0.25) is 19.3 Å². The molecule has 0 aromatic heterocycles. The number of aliphatic carboxylic acids is 1. The third-order valence-corrected chi connectivity index (χ3v) is 4.92. The number of benzene rings is 1. The number of amides is 2. The highest BCUT2D eigenvalue weighted by molar-refractivity contribution is 8.26. The molecule has 0 saturated carbocycles. The van der Waals surface area contributed by atoms with E-state index >= 15 is 0 Å². The molecule has 1 atom stereocenters. The van der Waals surface area contributed by atoms with Crippen LogP contribution in [0.5, 0.6) is 0 Å². The van der Waals surface area contributed by atoms with Gasteiger partial charge in [-0.25, -0.2) is 0 Å². The van der Waals surface area contributed by atoms with Gasteiger partial charge in [0.2, 0.25) is 5.91 Å². The predicted octanol–water partition coefficient (Wildman–Crippen LogP) is 2.42. The molecule has 0 bridgehead atoms. The Morgan fingerprint density at radius 2 is 2.04 bits per heavy atom. The quantitative estimate of drug-likeness (QED) is 0.549. The smallest absolute Gasteiger partial charge is 0.325 e. The zero-order chi connectivity index (χ0) is 19.1. The molecule has 26 heavy (non-hydrogen) atoms. The van der Waals surface area contributed by atoms with Gasteiger partial charge in [0.1, 0.15) is 10.4 Å². The highest BCUT2D eigenvalue weighted by atomic mass is 32.2. The SMILES string of the molecule is C[C@H](NC(=O)CCN1C(=O)/C(=C\C=C\c2ccccc2)SC1=S)C(=O)O. The molecule has 0 radical (unpaired) electrons. The number of carboxylic acid groups (broad SMARTS) is 1. The Morgan fingerprint density at radius 1 is 1.35 bits per heavy atom. The van der Waals surface area contributed by atoms with E-state index in [0.29, 0.717) is 9.23 Å². The van der Waals surface area contributed by atoms with Crippen LogP contribution >= 0.6 is 24.0 Å². The Bertz CT molecular complexity index is 775. The van der Waals surface area contributed by atoms with Crippen LogP contribution in [-0.2, 0) is 14.4 Å². The van der Waals surface area contributed by atoms with E-state index in [4.69, 9.17) is 17.3 Å². The minimum atomic E-state index is -1.11. The molecule has 0 aliphatic carbocycles. The Morgan fingerprint density at radius 3 is 2.69 bits per heavy atom. The van der Waals surface area contributed by atoms with Crippen molar-refractivity contribution in [1.82, 2.24) is 10.2 Å². The third kappa shape index (κ3) is 5.53. The number of nitrogens with zero attached hydrogens (tertiary/aromatic N) is 1. The van der Waals surface area contributed by atoms with Gasteiger partial charge in [-0.2, -0.15) is 0 Å². The number of nitrogens with one attached hydrogen (secondary N) is 1. The van der Waals surface area contributed by atoms with Crippen molar-refractivity contribution in [2.75, 3.05) is 6.54 Å². The summed E-state index contributed by atoms with van der Waals surface area (Å²) in [7, 11) is 0. The Hall–Kier alpha value is -2.45. The average Bonchev–Trinajstić information content (AvgIpc) is 2.87. The van der Waals surface area contributed by atoms with Crippen LogP contribution in [0, 0.1) is 0 Å². The first-order valence-electron chi connectivity index (χ1n) is 7.87. The molecular weight excluding hydrogens is 372 g/mol. The molecule has 2 amide bonds. The maximum Gasteiger partial charge on any atom is 0.325 e. The Labute approximate surface area is 160 Å². The summed E-state index contributed by atoms with van der Waals surface area (Å²) in [5.74, 6) is -1.81. The molecule has 1 fully saturated rings. The van der Waals surface area contributed by atoms with Crippen molar-refractivity contribution in [3.05, 3.63) is 53.0 Å². The molecule has 2 N–H and O–H groups in total. The first-order valence-corrected chi connectivity index (χ1v) is 9.10. The van der Waals surface area contributed by atoms with E-state index in [2.05, 4.69) is 5.32 Å². The van der Waals surface area contributed by atoms with Gasteiger partial charge >= 0.3 is 5.97 Å². The van der Waals surface area contributed by atoms with Gasteiger partial charge in [0.15, 0.2) is 0 Å². The fourth-order valence-corrected chi connectivity index (χ4v) is 3.37. The van der Waals surface area contributed by atoms with Gasteiger partial charge in [-0.05, 0) is 18.6 Å². The van der Waals surface area contributed by atoms with E-state index in [-0.39, 0.29) is 18.9 Å². The van der Waals surface area contributed by atoms with Crippen molar-refractivity contribution in [2.24, 2.45) is 0 Å². The summed E-state index contributed by atoms with van der Waals surface area (Å²) < 4.78 is 0.383. The van der Waals surface area contributed by atoms with Crippen LogP contribution in [0.3, 0.4) is 0 Å². The van der Waals surface area contributed by atoms with Gasteiger partial charge in [-0.1, -0.05) is 66.5 Å². The first-order chi connectivity index (χ1) is 12.4. The van der Waals surface area contributed by atoms with Crippen molar-refractivity contribution in [1.29, 1.82) is 0 Å². The lowest BCUT2D eigenvalue weighted by Gasteiger charge is -2.15. The van der Waals surface area contributed by atoms with Crippen LogP contribution in [0.1, 0.15) is 18.9 Å². The van der Waals surface area contributed by atoms with Gasteiger partial charge in [0.25, 0.3) is 5.91 Å². The fraction of sp³-hybridized carbons (Fsp3) is 0.222. The van der Waals surface area contributed by atoms with Crippen LogP contribution in [0.15, 0.2) is 47.4 Å². The van der Waals surface area contributed by atoms with E-state index in [0.717, 1.165) is 5.56 Å². The number of thioether (sulfide) groups is 1. The molecule has 136 valence electrons. The first kappa shape index (κ1) is 19.9. The molecule has 6 nitrogen and oxygen atoms in total. The van der Waals surface area contributed by atoms with Crippen LogP contribution in [-0.4, -0.2) is 44.7 Å². The number of hydrogen-bond donors (Lipinski definition) is 2. The molecule has 1 heterocycles. The number of rotatable bonds is 7. The Balaban J connectivity index is 1.92. The van der Waals surface area contributed by atoms with Crippen molar-refractivity contribution in [2.45, 2.75) is 19.4 Å². The van der Waals surface area contributed by atoms with E-state index in [1.54, 1.807) is 12.2 Å². The second-order valence-corrected chi connectivity index (χ2v) is 7.18. The second-order valence-electron chi connectivity index (χ2n) is 5.50. The molecule has 1 aromatic carbocycles. The summed E-state index contributed by atoms with van der Waals surface area (Å²) in [4.78, 5) is 36.7. The lowest BCUT2D eigenvalue weighted by Crippen LogP contribution is -2.40. The highest BCUT2D eigenvalue weighted by Gasteiger charge is 2.31. The van der Waals surface area contributed by atoms with Gasteiger partial charge < -0.3 is 10.4 Å². The number of carbonyl (C=O) groups is 3. The van der Waals surface area contributed by atoms with Crippen molar-refractivity contribution in [3.8, 4) is 0 Å². The minimum absolute atomic E-state index is 0.0167. The number of carbonyl (C=O) groups excluding carboxylic acids is 2. The van der Waals surface area contributed by atoms with Crippen molar-refractivity contribution in [3.63, 3.8) is 0 Å². The van der Waals surface area contributed by atoms with Gasteiger partial charge in [0, 0.05) is 13.0 Å². The zero-order valence-electron chi connectivity index (χ0n) is 14.0. The summed E-state index contributed by atoms with van der Waals surface area (Å²) >= 11 is 6.38. The van der Waals surface area contributed by atoms with Gasteiger partial charge in [-0.15, -0.1) is 0 Å². The lowest BCUT2D eigenvalue weighted by atomic mass is 10.2. The van der Waals surface area contributed by atoms with E-state index in [1.165, 1.54) is 23.6 Å². The lowest BCUT2D eigenvalue weighted by molar-refractivity contribution is -0.141. The summed E-state index contributed by atoms with van der Waals surface area (Å²) in [6, 6.07) is 8.70. The highest BCUT2D eigenvalue weighted by Crippen LogP contribution is 2.31. The third-order valence-electron chi connectivity index (χ3n) is 3.52. The second kappa shape index (κ2) is 9.30. The van der Waals surface area contributed by atoms with E-state index < -0.39 is 17.9 Å². The normalized spacial score (nSPS) is 17.1. The maximum absolute atomic E-state index is 12.4. The van der Waals surface area contributed by atoms with Crippen LogP contribution < -0.4 is 5.32 Å². The number of thiocarbonyl (C=S) groups is 1. The van der Waals surface area contributed by atoms with Crippen molar-refractivity contribution < 1.29 is 19.5 Å². The summed E-state index contributed by atoms with van der Waals surface area (Å²) in [6.45, 7) is 1.49. The maximum atomic E-state index is 12.4. The fourth-order valence-electron chi connectivity index (χ4n) is 2.11. The molecule has 0 unspecified atom stereocenters. The molecule has 0 spiro atoms. The Kier molecular flexibility index (Phi) is 7.11. The molecule has 1 aliphatic heterocycles. The zero-order valence-corrected chi connectivity index (χ0v) is 15.7. The van der Waals surface area contributed by atoms with E-state index in [1.807, 2.05) is 36.4 Å². The van der Waals surface area contributed by atoms with Crippen LogP contribution in [0.4, 0.5) is 0 Å². The molecular formula is C18H18N2O4S2. The molecule has 1 aromatic rings. The average molecular weight is 390 g/mol. The van der Waals surface area contributed by atoms with Crippen LogP contribution in [0.25, 0.3) is 6.08 Å². The monoisotopic (exact) mass is 390 g/mol. The molecule has 8 heteroatoms. The standard InChI is InChI=1S/C18H18N2O4S2/c1-12(17(23)24)19-15(21)10-11-20-16(22)14(26-18(20)25)9-5-8-13-6-3-2-4-7-13/h2-9,12H,10-11H2,1H3,(H,19,21)(H,23,24)/b8-5+,14-9+/t12-/m0/s1. The minimum Gasteiger partial charge on any atom is -0.480 e. The largest absolute Gasteiger partial charge is 0.480 e. The summed E-state index contributed by atoms with van der Waals surface area (Å²) in [6.07, 6.45) is 5.34. The van der Waals surface area contributed by atoms with Crippen LogP contribution in [0.2, 0.25) is 0 Å². The topological polar surface area (TPSA) is 86.7 Å². The number of hydrogen-bond acceptors (Lipinski definition) is 5. The summed E-state index contributed by atoms with van der Waals surface area (Å²) in [5.41, 5.74) is 1.02. The van der Waals surface area contributed by atoms with E-state index in [9.17, 15) is 14.4 Å². The van der Waals surface area contributed by atoms with Gasteiger partial charge in [0.05, 0.1) is 4.91 Å². The van der Waals surface area contributed by atoms with Crippen molar-refractivity contribution >= 4 is 52.2 Å². The molecule has 2 rings (SSSR count). The number of carboxylic acids is 1. The summed E-state index contributed by atoms with van der Waals surface area (Å²) in [5, 5.41) is 11.1.